The first kappa shape index (κ1) is 22.3. The van der Waals surface area contributed by atoms with Crippen LogP contribution < -0.4 is 10.1 Å². The molecule has 0 aliphatic rings. The predicted octanol–water partition coefficient (Wildman–Crippen LogP) is 4.37. The van der Waals surface area contributed by atoms with Gasteiger partial charge in [0.2, 0.25) is 11.8 Å². The lowest BCUT2D eigenvalue weighted by molar-refractivity contribution is -0.139. The molecule has 0 radical (unpaired) electrons. The molecule has 0 saturated carbocycles. The van der Waals surface area contributed by atoms with Crippen LogP contribution in [0.15, 0.2) is 84.8 Å². The van der Waals surface area contributed by atoms with Crippen molar-refractivity contribution in [3.05, 3.63) is 101 Å². The molecular formula is C25H26N2O3S. The molecule has 3 aromatic rings. The minimum atomic E-state index is -0.745. The number of ether oxygens (including phenoxy) is 1. The number of amides is 2. The molecule has 160 valence electrons. The summed E-state index contributed by atoms with van der Waals surface area (Å²) in [6.07, 6.45) is 1.90. The Morgan fingerprint density at radius 3 is 2.45 bits per heavy atom. The Balaban J connectivity index is 1.81. The van der Waals surface area contributed by atoms with Crippen LogP contribution in [0.2, 0.25) is 0 Å². The average molecular weight is 435 g/mol. The number of carbonyl (C=O) groups is 2. The summed E-state index contributed by atoms with van der Waals surface area (Å²) >= 11 is 1.53. The Morgan fingerprint density at radius 1 is 1.10 bits per heavy atom. The quantitative estimate of drug-likeness (QED) is 0.482. The first-order valence-corrected chi connectivity index (χ1v) is 10.9. The predicted molar refractivity (Wildman–Crippen MR) is 124 cm³/mol. The summed E-state index contributed by atoms with van der Waals surface area (Å²) < 4.78 is 5.18. The zero-order chi connectivity index (χ0) is 22.1. The maximum absolute atomic E-state index is 13.3. The summed E-state index contributed by atoms with van der Waals surface area (Å²) in [5, 5.41) is 4.92. The van der Waals surface area contributed by atoms with E-state index in [2.05, 4.69) is 11.9 Å². The molecule has 5 nitrogen and oxygen atoms in total. The Kier molecular flexibility index (Phi) is 8.01. The van der Waals surface area contributed by atoms with Crippen molar-refractivity contribution in [1.82, 2.24) is 10.2 Å². The number of hydrogen-bond donors (Lipinski definition) is 1. The standard InChI is InChI=1S/C25H26N2O3S/c1-3-15-27(23(28)17-22-10-7-16-31-22)24(20-8-5-4-6-9-20)25(29)26-18-19-11-13-21(30-2)14-12-19/h3-14,16,24H,1,15,17-18H2,2H3,(H,26,29). The summed E-state index contributed by atoms with van der Waals surface area (Å²) in [5.41, 5.74) is 1.71. The van der Waals surface area contributed by atoms with E-state index in [0.29, 0.717) is 6.54 Å². The minimum absolute atomic E-state index is 0.115. The lowest BCUT2D eigenvalue weighted by atomic mass is 10.0. The van der Waals surface area contributed by atoms with Crippen LogP contribution in [0, 0.1) is 0 Å². The highest BCUT2D eigenvalue weighted by Gasteiger charge is 2.30. The number of carbonyl (C=O) groups excluding carboxylic acids is 2. The van der Waals surface area contributed by atoms with E-state index in [-0.39, 0.29) is 24.8 Å². The van der Waals surface area contributed by atoms with E-state index < -0.39 is 6.04 Å². The molecule has 1 unspecified atom stereocenters. The molecule has 2 aromatic carbocycles. The smallest absolute Gasteiger partial charge is 0.247 e. The molecule has 0 fully saturated rings. The summed E-state index contributed by atoms with van der Waals surface area (Å²) in [6, 6.07) is 20.0. The van der Waals surface area contributed by atoms with Gasteiger partial charge in [-0.1, -0.05) is 54.6 Å². The van der Waals surface area contributed by atoms with Crippen molar-refractivity contribution in [2.75, 3.05) is 13.7 Å². The van der Waals surface area contributed by atoms with Crippen LogP contribution in [0.4, 0.5) is 0 Å². The molecule has 6 heteroatoms. The number of hydrogen-bond acceptors (Lipinski definition) is 4. The molecule has 1 atom stereocenters. The normalized spacial score (nSPS) is 11.4. The molecule has 1 aromatic heterocycles. The highest BCUT2D eigenvalue weighted by Crippen LogP contribution is 2.23. The van der Waals surface area contributed by atoms with Crippen LogP contribution in [-0.4, -0.2) is 30.4 Å². The summed E-state index contributed by atoms with van der Waals surface area (Å²) in [5.74, 6) is 0.410. The van der Waals surface area contributed by atoms with Gasteiger partial charge in [0.25, 0.3) is 0 Å². The minimum Gasteiger partial charge on any atom is -0.497 e. The highest BCUT2D eigenvalue weighted by atomic mass is 32.1. The van der Waals surface area contributed by atoms with Gasteiger partial charge in [-0.2, -0.15) is 0 Å². The molecule has 0 saturated heterocycles. The highest BCUT2D eigenvalue weighted by molar-refractivity contribution is 7.10. The van der Waals surface area contributed by atoms with Gasteiger partial charge in [-0.05, 0) is 34.7 Å². The van der Waals surface area contributed by atoms with E-state index in [0.717, 1.165) is 21.8 Å². The fourth-order valence-electron chi connectivity index (χ4n) is 3.29. The first-order chi connectivity index (χ1) is 15.1. The zero-order valence-corrected chi connectivity index (χ0v) is 18.3. The van der Waals surface area contributed by atoms with Crippen LogP contribution in [0.5, 0.6) is 5.75 Å². The van der Waals surface area contributed by atoms with Gasteiger partial charge in [-0.25, -0.2) is 0 Å². The number of nitrogens with zero attached hydrogens (tertiary/aromatic N) is 1. The number of thiophene rings is 1. The molecule has 3 rings (SSSR count). The van der Waals surface area contributed by atoms with Gasteiger partial charge in [-0.3, -0.25) is 9.59 Å². The van der Waals surface area contributed by atoms with Gasteiger partial charge in [0.1, 0.15) is 11.8 Å². The Hall–Kier alpha value is -3.38. The van der Waals surface area contributed by atoms with E-state index >= 15 is 0 Å². The van der Waals surface area contributed by atoms with Crippen LogP contribution >= 0.6 is 11.3 Å². The first-order valence-electron chi connectivity index (χ1n) is 10.0. The van der Waals surface area contributed by atoms with Crippen molar-refractivity contribution < 1.29 is 14.3 Å². The van der Waals surface area contributed by atoms with Crippen molar-refractivity contribution in [3.8, 4) is 5.75 Å². The SMILES string of the molecule is C=CCN(C(=O)Cc1cccs1)C(C(=O)NCc1ccc(OC)cc1)c1ccccc1. The van der Waals surface area contributed by atoms with Crippen molar-refractivity contribution in [3.63, 3.8) is 0 Å². The maximum atomic E-state index is 13.3. The maximum Gasteiger partial charge on any atom is 0.247 e. The topological polar surface area (TPSA) is 58.6 Å². The number of nitrogens with one attached hydrogen (secondary N) is 1. The number of rotatable bonds is 10. The monoisotopic (exact) mass is 434 g/mol. The fourth-order valence-corrected chi connectivity index (χ4v) is 3.99. The van der Waals surface area contributed by atoms with Gasteiger partial charge >= 0.3 is 0 Å². The van der Waals surface area contributed by atoms with Crippen LogP contribution in [-0.2, 0) is 22.6 Å². The van der Waals surface area contributed by atoms with E-state index in [1.54, 1.807) is 18.1 Å². The summed E-state index contributed by atoms with van der Waals surface area (Å²) in [4.78, 5) is 29.0. The number of benzene rings is 2. The molecule has 0 aliphatic heterocycles. The van der Waals surface area contributed by atoms with E-state index in [1.165, 1.54) is 11.3 Å². The number of methoxy groups -OCH3 is 1. The second-order valence-corrected chi connectivity index (χ2v) is 8.00. The lowest BCUT2D eigenvalue weighted by Crippen LogP contribution is -2.44. The second-order valence-electron chi connectivity index (χ2n) is 6.97. The van der Waals surface area contributed by atoms with Crippen molar-refractivity contribution in [2.45, 2.75) is 19.0 Å². The molecule has 31 heavy (non-hydrogen) atoms. The van der Waals surface area contributed by atoms with E-state index in [9.17, 15) is 9.59 Å². The Bertz CT molecular complexity index is 985. The van der Waals surface area contributed by atoms with Gasteiger partial charge in [0, 0.05) is 18.0 Å². The molecule has 0 aliphatic carbocycles. The molecule has 0 spiro atoms. The van der Waals surface area contributed by atoms with Gasteiger partial charge in [-0.15, -0.1) is 17.9 Å². The molecule has 2 amide bonds. The zero-order valence-electron chi connectivity index (χ0n) is 17.5. The van der Waals surface area contributed by atoms with Gasteiger partial charge in [0.05, 0.1) is 13.5 Å². The van der Waals surface area contributed by atoms with Crippen LogP contribution in [0.25, 0.3) is 0 Å². The Labute approximate surface area is 187 Å². The molecule has 1 heterocycles. The third kappa shape index (κ3) is 6.06. The fraction of sp³-hybridized carbons (Fsp3) is 0.200. The third-order valence-corrected chi connectivity index (χ3v) is 5.73. The van der Waals surface area contributed by atoms with Crippen molar-refractivity contribution >= 4 is 23.2 Å². The van der Waals surface area contributed by atoms with E-state index in [1.807, 2.05) is 72.1 Å². The average Bonchev–Trinajstić information content (AvgIpc) is 3.31. The van der Waals surface area contributed by atoms with Crippen molar-refractivity contribution in [1.29, 1.82) is 0 Å². The second kappa shape index (κ2) is 11.1. The van der Waals surface area contributed by atoms with Crippen molar-refractivity contribution in [2.24, 2.45) is 0 Å². The molecular weight excluding hydrogens is 408 g/mol. The molecule has 1 N–H and O–H groups in total. The Morgan fingerprint density at radius 2 is 1.84 bits per heavy atom. The van der Waals surface area contributed by atoms with Gasteiger partial charge < -0.3 is 15.0 Å². The third-order valence-electron chi connectivity index (χ3n) is 4.85. The van der Waals surface area contributed by atoms with Gasteiger partial charge in [0.15, 0.2) is 0 Å². The molecule has 0 bridgehead atoms. The van der Waals surface area contributed by atoms with E-state index in [4.69, 9.17) is 4.74 Å². The van der Waals surface area contributed by atoms with Crippen LogP contribution in [0.3, 0.4) is 0 Å². The lowest BCUT2D eigenvalue weighted by Gasteiger charge is -2.30. The largest absolute Gasteiger partial charge is 0.497 e. The summed E-state index contributed by atoms with van der Waals surface area (Å²) in [7, 11) is 1.61. The van der Waals surface area contributed by atoms with Crippen LogP contribution in [0.1, 0.15) is 22.0 Å². The summed E-state index contributed by atoms with van der Waals surface area (Å²) in [6.45, 7) is 4.42.